The van der Waals surface area contributed by atoms with E-state index in [1.54, 1.807) is 42.8 Å². The number of amides is 1. The Morgan fingerprint density at radius 1 is 1.28 bits per heavy atom. The third-order valence-electron chi connectivity index (χ3n) is 5.71. The van der Waals surface area contributed by atoms with E-state index in [1.165, 1.54) is 17.6 Å². The molecule has 0 spiro atoms. The van der Waals surface area contributed by atoms with Gasteiger partial charge in [-0.2, -0.15) is 4.31 Å². The van der Waals surface area contributed by atoms with E-state index in [0.29, 0.717) is 29.3 Å². The van der Waals surface area contributed by atoms with Crippen molar-refractivity contribution in [1.29, 1.82) is 0 Å². The third kappa shape index (κ3) is 5.31. The Kier molecular flexibility index (Phi) is 7.58. The minimum Gasteiger partial charge on any atom is -0.469 e. The summed E-state index contributed by atoms with van der Waals surface area (Å²) in [5, 5.41) is 3.35. The molecule has 2 heterocycles. The van der Waals surface area contributed by atoms with Crippen molar-refractivity contribution in [2.24, 2.45) is 13.0 Å². The van der Waals surface area contributed by atoms with Crippen LogP contribution in [0.2, 0.25) is 5.02 Å². The van der Waals surface area contributed by atoms with Crippen molar-refractivity contribution in [2.45, 2.75) is 37.3 Å². The summed E-state index contributed by atoms with van der Waals surface area (Å²) in [4.78, 5) is 29.0. The Bertz CT molecular complexity index is 1070. The van der Waals surface area contributed by atoms with Crippen LogP contribution in [0.5, 0.6) is 0 Å². The number of carbonyl (C=O) groups is 2. The maximum absolute atomic E-state index is 12.9. The Morgan fingerprint density at radius 2 is 1.94 bits per heavy atom. The predicted octanol–water partition coefficient (Wildman–Crippen LogP) is 2.20. The highest BCUT2D eigenvalue weighted by Crippen LogP contribution is 2.28. The number of nitrogens with one attached hydrogen (secondary N) is 1. The maximum atomic E-state index is 12.9. The van der Waals surface area contributed by atoms with Crippen molar-refractivity contribution in [1.82, 2.24) is 19.2 Å². The number of rotatable bonds is 7. The van der Waals surface area contributed by atoms with Crippen LogP contribution in [-0.4, -0.2) is 54.3 Å². The van der Waals surface area contributed by atoms with Crippen LogP contribution in [0, 0.1) is 12.8 Å². The van der Waals surface area contributed by atoms with Crippen LogP contribution in [0.15, 0.2) is 35.5 Å². The van der Waals surface area contributed by atoms with Gasteiger partial charge in [-0.3, -0.25) is 9.59 Å². The van der Waals surface area contributed by atoms with Gasteiger partial charge in [0.15, 0.2) is 5.03 Å². The number of nitrogens with zero attached hydrogens (tertiary/aromatic N) is 3. The van der Waals surface area contributed by atoms with Gasteiger partial charge in [0.2, 0.25) is 5.91 Å². The quantitative estimate of drug-likeness (QED) is 0.606. The highest BCUT2D eigenvalue weighted by molar-refractivity contribution is 7.89. The van der Waals surface area contributed by atoms with E-state index in [-0.39, 0.29) is 36.4 Å². The number of aryl methyl sites for hydroxylation is 2. The number of sulfonamides is 1. The normalized spacial score (nSPS) is 16.5. The molecule has 1 fully saturated rings. The molecule has 2 aromatic rings. The van der Waals surface area contributed by atoms with Gasteiger partial charge in [0.25, 0.3) is 10.0 Å². The van der Waals surface area contributed by atoms with Crippen molar-refractivity contribution in [3.8, 4) is 0 Å². The van der Waals surface area contributed by atoms with E-state index in [0.717, 1.165) is 0 Å². The molecule has 1 amide bonds. The summed E-state index contributed by atoms with van der Waals surface area (Å²) >= 11 is 6.27. The van der Waals surface area contributed by atoms with E-state index in [1.807, 2.05) is 0 Å². The average molecular weight is 483 g/mol. The van der Waals surface area contributed by atoms with E-state index in [9.17, 15) is 18.0 Å². The van der Waals surface area contributed by atoms with Crippen LogP contribution >= 0.6 is 11.6 Å². The smallest absolute Gasteiger partial charge is 0.307 e. The van der Waals surface area contributed by atoms with E-state index in [2.05, 4.69) is 10.3 Å². The zero-order valence-electron chi connectivity index (χ0n) is 18.2. The van der Waals surface area contributed by atoms with Crippen LogP contribution < -0.4 is 5.32 Å². The minimum atomic E-state index is -3.71. The first kappa shape index (κ1) is 24.2. The van der Waals surface area contributed by atoms with Gasteiger partial charge in [-0.25, -0.2) is 13.4 Å². The summed E-state index contributed by atoms with van der Waals surface area (Å²) in [5.74, 6) is -0.491. The molecular weight excluding hydrogens is 456 g/mol. The van der Waals surface area contributed by atoms with Gasteiger partial charge in [-0.1, -0.05) is 29.8 Å². The number of methoxy groups -OCH3 is 1. The Hall–Kier alpha value is -2.43. The molecule has 1 aromatic carbocycles. The topological polar surface area (TPSA) is 111 Å². The lowest BCUT2D eigenvalue weighted by Gasteiger charge is -2.31. The number of hydrogen-bond donors (Lipinski definition) is 1. The first-order valence-corrected chi connectivity index (χ1v) is 12.1. The fourth-order valence-corrected chi connectivity index (χ4v) is 5.44. The molecule has 9 nitrogen and oxygen atoms in total. The summed E-state index contributed by atoms with van der Waals surface area (Å²) in [5.41, 5.74) is 0.624. The number of benzene rings is 1. The first-order valence-electron chi connectivity index (χ1n) is 10.2. The zero-order chi connectivity index (χ0) is 23.5. The highest BCUT2D eigenvalue weighted by Gasteiger charge is 2.34. The van der Waals surface area contributed by atoms with Crippen LogP contribution in [-0.2, 0) is 31.4 Å². The molecule has 1 aromatic heterocycles. The average Bonchev–Trinajstić information content (AvgIpc) is 3.12. The molecule has 1 N–H and O–H groups in total. The van der Waals surface area contributed by atoms with E-state index >= 15 is 0 Å². The molecule has 1 saturated heterocycles. The second-order valence-electron chi connectivity index (χ2n) is 7.78. The Morgan fingerprint density at radius 3 is 2.50 bits per heavy atom. The first-order chi connectivity index (χ1) is 15.1. The molecule has 0 saturated carbocycles. The summed E-state index contributed by atoms with van der Waals surface area (Å²) in [6, 6.07) is 6.35. The van der Waals surface area contributed by atoms with Crippen molar-refractivity contribution in [3.05, 3.63) is 46.9 Å². The van der Waals surface area contributed by atoms with Gasteiger partial charge < -0.3 is 14.6 Å². The molecule has 1 aliphatic rings. The van der Waals surface area contributed by atoms with Gasteiger partial charge in [-0.15, -0.1) is 0 Å². The summed E-state index contributed by atoms with van der Waals surface area (Å²) in [6.07, 6.45) is 2.16. The monoisotopic (exact) mass is 482 g/mol. The number of aromatic nitrogens is 2. The van der Waals surface area contributed by atoms with Gasteiger partial charge in [0.05, 0.1) is 19.6 Å². The molecular formula is C21H27ClN4O5S. The molecule has 0 bridgehead atoms. The summed E-state index contributed by atoms with van der Waals surface area (Å²) in [6.45, 7) is 2.16. The molecule has 0 aliphatic carbocycles. The van der Waals surface area contributed by atoms with Gasteiger partial charge in [-0.05, 0) is 31.4 Å². The lowest BCUT2D eigenvalue weighted by molar-refractivity contribution is -0.141. The molecule has 1 atom stereocenters. The third-order valence-corrected chi connectivity index (χ3v) is 7.83. The standard InChI is InChI=1S/C21H27ClN4O5S/c1-14-23-19(13-25(14)2)32(29,30)26-10-8-15(9-11-26)21(28)24-18(12-20(27)31-3)16-6-4-5-7-17(16)22/h4-7,13,15,18H,8-12H2,1-3H3,(H,24,28). The van der Waals surface area contributed by atoms with E-state index in [4.69, 9.17) is 16.3 Å². The van der Waals surface area contributed by atoms with Crippen LogP contribution in [0.3, 0.4) is 0 Å². The number of carbonyl (C=O) groups excluding carboxylic acids is 2. The number of halogens is 1. The van der Waals surface area contributed by atoms with Crippen molar-refractivity contribution >= 4 is 33.5 Å². The fourth-order valence-electron chi connectivity index (χ4n) is 3.68. The zero-order valence-corrected chi connectivity index (χ0v) is 19.8. The van der Waals surface area contributed by atoms with Crippen molar-refractivity contribution in [2.75, 3.05) is 20.2 Å². The maximum Gasteiger partial charge on any atom is 0.307 e. The van der Waals surface area contributed by atoms with E-state index < -0.39 is 22.0 Å². The number of hydrogen-bond acceptors (Lipinski definition) is 6. The van der Waals surface area contributed by atoms with Gasteiger partial charge in [0.1, 0.15) is 5.82 Å². The second kappa shape index (κ2) is 10.0. The number of imidazole rings is 1. The van der Waals surface area contributed by atoms with Gasteiger partial charge >= 0.3 is 5.97 Å². The minimum absolute atomic E-state index is 0.0114. The molecule has 0 radical (unpaired) electrons. The molecule has 11 heteroatoms. The van der Waals surface area contributed by atoms with Crippen molar-refractivity contribution < 1.29 is 22.7 Å². The molecule has 174 valence electrons. The number of piperidine rings is 1. The summed E-state index contributed by atoms with van der Waals surface area (Å²) < 4.78 is 33.5. The highest BCUT2D eigenvalue weighted by atomic mass is 35.5. The predicted molar refractivity (Wildman–Crippen MR) is 118 cm³/mol. The molecule has 1 unspecified atom stereocenters. The van der Waals surface area contributed by atoms with Gasteiger partial charge in [0, 0.05) is 37.3 Å². The fraction of sp³-hybridized carbons (Fsp3) is 0.476. The van der Waals surface area contributed by atoms with Crippen LogP contribution in [0.25, 0.3) is 0 Å². The Labute approximate surface area is 192 Å². The lowest BCUT2D eigenvalue weighted by atomic mass is 9.95. The molecule has 32 heavy (non-hydrogen) atoms. The molecule has 1 aliphatic heterocycles. The Balaban J connectivity index is 1.67. The number of ether oxygens (including phenoxy) is 1. The molecule has 3 rings (SSSR count). The summed E-state index contributed by atoms with van der Waals surface area (Å²) in [7, 11) is -0.690. The van der Waals surface area contributed by atoms with Crippen molar-refractivity contribution in [3.63, 3.8) is 0 Å². The van der Waals surface area contributed by atoms with Crippen LogP contribution in [0.1, 0.15) is 36.7 Å². The largest absolute Gasteiger partial charge is 0.469 e. The number of esters is 1. The van der Waals surface area contributed by atoms with Crippen LogP contribution in [0.4, 0.5) is 0 Å². The SMILES string of the molecule is COC(=O)CC(NC(=O)C1CCN(S(=O)(=O)c2cn(C)c(C)n2)CC1)c1ccccc1Cl. The second-order valence-corrected chi connectivity index (χ2v) is 10.1. The lowest BCUT2D eigenvalue weighted by Crippen LogP contribution is -2.44.